The van der Waals surface area contributed by atoms with Gasteiger partial charge in [-0.1, -0.05) is 36.4 Å². The van der Waals surface area contributed by atoms with Crippen molar-refractivity contribution in [3.8, 4) is 11.3 Å². The van der Waals surface area contributed by atoms with Crippen molar-refractivity contribution in [2.24, 2.45) is 0 Å². The first-order valence-corrected chi connectivity index (χ1v) is 8.83. The summed E-state index contributed by atoms with van der Waals surface area (Å²) >= 11 is 1.53. The normalized spacial score (nSPS) is 14.4. The first-order chi connectivity index (χ1) is 12.0. The third-order valence-corrected chi connectivity index (χ3v) is 5.30. The highest BCUT2D eigenvalue weighted by Gasteiger charge is 2.30. The van der Waals surface area contributed by atoms with E-state index in [2.05, 4.69) is 28.1 Å². The van der Waals surface area contributed by atoms with Gasteiger partial charge in [-0.25, -0.2) is 4.98 Å². The average molecular weight is 360 g/mol. The van der Waals surface area contributed by atoms with Gasteiger partial charge in [0.05, 0.1) is 11.3 Å². The van der Waals surface area contributed by atoms with Crippen LogP contribution in [0.25, 0.3) is 11.3 Å². The number of hydrogen-bond donors (Lipinski definition) is 0. The minimum absolute atomic E-state index is 0.639. The molecule has 0 unspecified atom stereocenters. The molecule has 0 spiro atoms. The summed E-state index contributed by atoms with van der Waals surface area (Å²) in [7, 11) is 0. The molecule has 0 fully saturated rings. The third-order valence-electron chi connectivity index (χ3n) is 4.40. The molecule has 0 saturated carbocycles. The Kier molecular flexibility index (Phi) is 4.00. The van der Waals surface area contributed by atoms with Crippen molar-refractivity contribution in [3.63, 3.8) is 0 Å². The molecule has 0 aliphatic carbocycles. The first kappa shape index (κ1) is 16.1. The van der Waals surface area contributed by atoms with Crippen LogP contribution in [0.3, 0.4) is 0 Å². The van der Waals surface area contributed by atoms with E-state index in [4.69, 9.17) is 0 Å². The summed E-state index contributed by atoms with van der Waals surface area (Å²) in [5.41, 5.74) is 3.46. The van der Waals surface area contributed by atoms with Crippen LogP contribution in [0.1, 0.15) is 16.7 Å². The van der Waals surface area contributed by atoms with Crippen molar-refractivity contribution in [1.29, 1.82) is 0 Å². The molecule has 2 nitrogen and oxygen atoms in total. The lowest BCUT2D eigenvalue weighted by atomic mass is 10.0. The van der Waals surface area contributed by atoms with Gasteiger partial charge in [-0.2, -0.15) is 13.2 Å². The van der Waals surface area contributed by atoms with E-state index in [0.717, 1.165) is 36.8 Å². The summed E-state index contributed by atoms with van der Waals surface area (Å²) in [4.78, 5) is 6.85. The number of fused-ring (bicyclic) bond motifs is 1. The van der Waals surface area contributed by atoms with Crippen molar-refractivity contribution < 1.29 is 13.2 Å². The van der Waals surface area contributed by atoms with E-state index < -0.39 is 11.7 Å². The Labute approximate surface area is 147 Å². The predicted octanol–water partition coefficient (Wildman–Crippen LogP) is 5.39. The molecule has 0 atom stereocenters. The molecule has 0 N–H and O–H groups in total. The van der Waals surface area contributed by atoms with Gasteiger partial charge < -0.3 is 4.90 Å². The molecule has 0 bridgehead atoms. The molecule has 1 aromatic heterocycles. The zero-order valence-electron chi connectivity index (χ0n) is 13.3. The quantitative estimate of drug-likeness (QED) is 0.609. The SMILES string of the molecule is FC(F)(F)c1ccc(-c2csc(N3CCc4ccccc4C3)n2)cc1. The van der Waals surface area contributed by atoms with Gasteiger partial charge in [0.25, 0.3) is 0 Å². The minimum Gasteiger partial charge on any atom is -0.343 e. The van der Waals surface area contributed by atoms with Gasteiger partial charge in [0.2, 0.25) is 0 Å². The number of nitrogens with zero attached hydrogens (tertiary/aromatic N) is 2. The number of alkyl halides is 3. The number of thiazole rings is 1. The zero-order valence-corrected chi connectivity index (χ0v) is 14.1. The van der Waals surface area contributed by atoms with Crippen LogP contribution in [0.4, 0.5) is 18.3 Å². The molecule has 0 amide bonds. The largest absolute Gasteiger partial charge is 0.416 e. The van der Waals surface area contributed by atoms with E-state index in [9.17, 15) is 13.2 Å². The van der Waals surface area contributed by atoms with E-state index in [0.29, 0.717) is 11.3 Å². The van der Waals surface area contributed by atoms with Crippen LogP contribution in [0.15, 0.2) is 53.9 Å². The fraction of sp³-hybridized carbons (Fsp3) is 0.211. The highest BCUT2D eigenvalue weighted by atomic mass is 32.1. The lowest BCUT2D eigenvalue weighted by molar-refractivity contribution is -0.137. The molecule has 25 heavy (non-hydrogen) atoms. The molecule has 0 saturated heterocycles. The van der Waals surface area contributed by atoms with Crippen molar-refractivity contribution in [3.05, 3.63) is 70.6 Å². The highest BCUT2D eigenvalue weighted by molar-refractivity contribution is 7.14. The standard InChI is InChI=1S/C19H15F3N2S/c20-19(21,22)16-7-5-14(6-8-16)17-12-25-18(23-17)24-10-9-13-3-1-2-4-15(13)11-24/h1-8,12H,9-11H2. The molecular formula is C19H15F3N2S. The number of benzene rings is 2. The van der Waals surface area contributed by atoms with E-state index in [1.54, 1.807) is 0 Å². The summed E-state index contributed by atoms with van der Waals surface area (Å²) in [5, 5.41) is 2.81. The molecular weight excluding hydrogens is 345 g/mol. The second-order valence-electron chi connectivity index (χ2n) is 6.03. The highest BCUT2D eigenvalue weighted by Crippen LogP contribution is 2.33. The smallest absolute Gasteiger partial charge is 0.343 e. The van der Waals surface area contributed by atoms with E-state index >= 15 is 0 Å². The minimum atomic E-state index is -4.31. The van der Waals surface area contributed by atoms with Crippen LogP contribution in [0, 0.1) is 0 Å². The van der Waals surface area contributed by atoms with Crippen molar-refractivity contribution in [1.82, 2.24) is 4.98 Å². The molecule has 0 radical (unpaired) electrons. The third kappa shape index (κ3) is 3.26. The molecule has 1 aliphatic rings. The number of aromatic nitrogens is 1. The summed E-state index contributed by atoms with van der Waals surface area (Å²) in [6.45, 7) is 1.72. The Morgan fingerprint density at radius 3 is 2.40 bits per heavy atom. The Hall–Kier alpha value is -2.34. The van der Waals surface area contributed by atoms with Gasteiger partial charge in [-0.05, 0) is 29.7 Å². The summed E-state index contributed by atoms with van der Waals surface area (Å²) < 4.78 is 38.0. The fourth-order valence-electron chi connectivity index (χ4n) is 3.03. The van der Waals surface area contributed by atoms with Gasteiger partial charge >= 0.3 is 6.18 Å². The van der Waals surface area contributed by atoms with Crippen LogP contribution in [-0.4, -0.2) is 11.5 Å². The number of halogens is 3. The van der Waals surface area contributed by atoms with Crippen LogP contribution < -0.4 is 4.90 Å². The van der Waals surface area contributed by atoms with Gasteiger partial charge in [-0.15, -0.1) is 11.3 Å². The van der Waals surface area contributed by atoms with Crippen LogP contribution in [0.5, 0.6) is 0 Å². The molecule has 1 aliphatic heterocycles. The first-order valence-electron chi connectivity index (χ1n) is 7.95. The number of anilines is 1. The summed E-state index contributed by atoms with van der Waals surface area (Å²) in [6.07, 6.45) is -3.33. The van der Waals surface area contributed by atoms with E-state index in [-0.39, 0.29) is 0 Å². The lowest BCUT2D eigenvalue weighted by Crippen LogP contribution is -2.30. The van der Waals surface area contributed by atoms with Gasteiger partial charge in [0.1, 0.15) is 0 Å². The van der Waals surface area contributed by atoms with Crippen LogP contribution >= 0.6 is 11.3 Å². The molecule has 3 aromatic rings. The van der Waals surface area contributed by atoms with Crippen LogP contribution in [-0.2, 0) is 19.1 Å². The van der Waals surface area contributed by atoms with E-state index in [1.165, 1.54) is 34.6 Å². The Morgan fingerprint density at radius 2 is 1.68 bits per heavy atom. The monoisotopic (exact) mass is 360 g/mol. The average Bonchev–Trinajstić information content (AvgIpc) is 3.11. The molecule has 2 heterocycles. The molecule has 128 valence electrons. The topological polar surface area (TPSA) is 16.1 Å². The summed E-state index contributed by atoms with van der Waals surface area (Å²) in [5.74, 6) is 0. The number of rotatable bonds is 2. The van der Waals surface area contributed by atoms with Crippen LogP contribution in [0.2, 0.25) is 0 Å². The Balaban J connectivity index is 1.55. The Morgan fingerprint density at radius 1 is 0.960 bits per heavy atom. The maximum absolute atomic E-state index is 12.7. The van der Waals surface area contributed by atoms with E-state index in [1.807, 2.05) is 11.4 Å². The maximum Gasteiger partial charge on any atom is 0.416 e. The second kappa shape index (κ2) is 6.19. The summed E-state index contributed by atoms with van der Waals surface area (Å²) in [6, 6.07) is 13.5. The van der Waals surface area contributed by atoms with Gasteiger partial charge in [0.15, 0.2) is 5.13 Å². The predicted molar refractivity (Wildman–Crippen MR) is 93.7 cm³/mol. The molecule has 4 rings (SSSR count). The number of hydrogen-bond acceptors (Lipinski definition) is 3. The fourth-order valence-corrected chi connectivity index (χ4v) is 3.89. The van der Waals surface area contributed by atoms with Gasteiger partial charge in [-0.3, -0.25) is 0 Å². The van der Waals surface area contributed by atoms with Crippen molar-refractivity contribution in [2.75, 3.05) is 11.4 Å². The van der Waals surface area contributed by atoms with Crippen molar-refractivity contribution >= 4 is 16.5 Å². The Bertz CT molecular complexity index is 884. The lowest BCUT2D eigenvalue weighted by Gasteiger charge is -2.28. The second-order valence-corrected chi connectivity index (χ2v) is 6.87. The zero-order chi connectivity index (χ0) is 17.4. The van der Waals surface area contributed by atoms with Crippen molar-refractivity contribution in [2.45, 2.75) is 19.1 Å². The molecule has 2 aromatic carbocycles. The molecule has 6 heteroatoms. The maximum atomic E-state index is 12.7. The van der Waals surface area contributed by atoms with Gasteiger partial charge in [0, 0.05) is 24.0 Å².